The Balaban J connectivity index is 1.72. The Bertz CT molecular complexity index is 1320. The van der Waals surface area contributed by atoms with Crippen LogP contribution >= 0.6 is 0 Å². The highest BCUT2D eigenvalue weighted by molar-refractivity contribution is 7.92. The van der Waals surface area contributed by atoms with Crippen LogP contribution in [0.1, 0.15) is 66.4 Å². The second-order valence-electron chi connectivity index (χ2n) is 12.5. The molecule has 222 valence electrons. The molecule has 1 aliphatic carbocycles. The fourth-order valence-corrected chi connectivity index (χ4v) is 5.92. The summed E-state index contributed by atoms with van der Waals surface area (Å²) in [5, 5.41) is 10.8. The lowest BCUT2D eigenvalue weighted by Gasteiger charge is -2.33. The molecule has 0 aromatic heterocycles. The third-order valence-corrected chi connectivity index (χ3v) is 7.99. The van der Waals surface area contributed by atoms with E-state index in [4.69, 9.17) is 9.47 Å². The molecule has 1 aromatic rings. The van der Waals surface area contributed by atoms with Gasteiger partial charge in [-0.3, -0.25) is 9.69 Å². The molecule has 1 atom stereocenters. The van der Waals surface area contributed by atoms with Gasteiger partial charge >= 0.3 is 22.4 Å². The molecule has 14 heteroatoms. The number of ether oxygens (including phenoxy) is 2. The zero-order chi connectivity index (χ0) is 29.8. The molecule has 40 heavy (non-hydrogen) atoms. The summed E-state index contributed by atoms with van der Waals surface area (Å²) in [5.74, 6) is -2.24. The SMILES string of the molecule is CC(C)(C)OC(=O)N(CCC1CC1)C[C@H]1Cc2c(cc(O)c(N3CC(=O)NS3(=O)=O)c2F)N1C(=O)OC(C)(C)C. The number of hydrogen-bond acceptors (Lipinski definition) is 8. The molecule has 2 fully saturated rings. The summed E-state index contributed by atoms with van der Waals surface area (Å²) in [5.41, 5.74) is -2.43. The zero-order valence-electron chi connectivity index (χ0n) is 23.6. The minimum absolute atomic E-state index is 0.0137. The van der Waals surface area contributed by atoms with Crippen molar-refractivity contribution in [1.82, 2.24) is 9.62 Å². The first kappa shape index (κ1) is 29.7. The number of hydrogen-bond donors (Lipinski definition) is 2. The van der Waals surface area contributed by atoms with Gasteiger partial charge in [0.15, 0.2) is 5.82 Å². The van der Waals surface area contributed by atoms with Crippen LogP contribution in [-0.4, -0.2) is 73.4 Å². The minimum Gasteiger partial charge on any atom is -0.506 e. The van der Waals surface area contributed by atoms with Crippen molar-refractivity contribution in [2.75, 3.05) is 28.8 Å². The van der Waals surface area contributed by atoms with E-state index in [2.05, 4.69) is 0 Å². The number of nitrogens with one attached hydrogen (secondary N) is 1. The average Bonchev–Trinajstić information content (AvgIpc) is 3.46. The summed E-state index contributed by atoms with van der Waals surface area (Å²) in [6, 6.07) is 0.272. The van der Waals surface area contributed by atoms with E-state index >= 15 is 4.39 Å². The van der Waals surface area contributed by atoms with E-state index in [9.17, 15) is 27.9 Å². The van der Waals surface area contributed by atoms with Crippen molar-refractivity contribution in [3.63, 3.8) is 0 Å². The largest absolute Gasteiger partial charge is 0.506 e. The number of rotatable bonds is 6. The van der Waals surface area contributed by atoms with Crippen LogP contribution in [0.25, 0.3) is 0 Å². The molecule has 1 saturated carbocycles. The Hall–Kier alpha value is -3.29. The fraction of sp³-hybridized carbons (Fsp3) is 0.654. The monoisotopic (exact) mass is 584 g/mol. The predicted octanol–water partition coefficient (Wildman–Crippen LogP) is 3.42. The molecule has 2 aliphatic heterocycles. The second kappa shape index (κ2) is 10.3. The molecule has 1 aromatic carbocycles. The summed E-state index contributed by atoms with van der Waals surface area (Å²) in [4.78, 5) is 41.0. The Labute approximate surface area is 233 Å². The van der Waals surface area contributed by atoms with Crippen molar-refractivity contribution in [3.05, 3.63) is 17.4 Å². The molecular weight excluding hydrogens is 547 g/mol. The number of carbonyl (C=O) groups is 3. The Kier molecular flexibility index (Phi) is 7.63. The number of phenolic OH excluding ortho intramolecular Hbond substituents is 1. The van der Waals surface area contributed by atoms with Gasteiger partial charge in [-0.25, -0.2) is 23.0 Å². The van der Waals surface area contributed by atoms with Crippen LogP contribution in [0.4, 0.5) is 25.4 Å². The van der Waals surface area contributed by atoms with Gasteiger partial charge in [0.1, 0.15) is 29.2 Å². The first-order valence-corrected chi connectivity index (χ1v) is 14.7. The minimum atomic E-state index is -4.42. The normalized spacial score (nSPS) is 20.3. The van der Waals surface area contributed by atoms with Crippen molar-refractivity contribution in [2.24, 2.45) is 5.92 Å². The Morgan fingerprint density at radius 1 is 1.15 bits per heavy atom. The summed E-state index contributed by atoms with van der Waals surface area (Å²) >= 11 is 0. The first-order chi connectivity index (χ1) is 18.4. The van der Waals surface area contributed by atoms with E-state index in [0.717, 1.165) is 25.3 Å². The van der Waals surface area contributed by atoms with Gasteiger partial charge in [0.05, 0.1) is 11.7 Å². The topological polar surface area (TPSA) is 146 Å². The lowest BCUT2D eigenvalue weighted by Crippen LogP contribution is -2.49. The lowest BCUT2D eigenvalue weighted by atomic mass is 10.1. The van der Waals surface area contributed by atoms with Crippen LogP contribution in [0, 0.1) is 11.7 Å². The smallest absolute Gasteiger partial charge is 0.415 e. The standard InChI is InChI=1S/C26H37FN4O8S/c1-25(2,3)38-23(34)29(10-9-15-7-8-15)13-16-11-17-18(31(16)24(35)39-26(4,5)6)12-19(32)22(21(17)27)30-14-20(33)28-40(30,36)37/h12,15-16,32H,7-11,13-14H2,1-6H3,(H,28,33)/t16-/m1/s1. The van der Waals surface area contributed by atoms with Crippen LogP contribution < -0.4 is 13.9 Å². The number of nitrogens with zero attached hydrogens (tertiary/aromatic N) is 3. The third-order valence-electron chi connectivity index (χ3n) is 6.61. The van der Waals surface area contributed by atoms with Gasteiger partial charge < -0.3 is 19.5 Å². The van der Waals surface area contributed by atoms with Gasteiger partial charge in [0, 0.05) is 31.1 Å². The van der Waals surface area contributed by atoms with E-state index in [0.29, 0.717) is 16.8 Å². The molecule has 12 nitrogen and oxygen atoms in total. The molecule has 2 heterocycles. The maximum Gasteiger partial charge on any atom is 0.415 e. The highest BCUT2D eigenvalue weighted by Crippen LogP contribution is 2.45. The second-order valence-corrected chi connectivity index (χ2v) is 14.1. The van der Waals surface area contributed by atoms with Crippen LogP contribution in [0.15, 0.2) is 6.07 Å². The van der Waals surface area contributed by atoms with Gasteiger partial charge in [-0.05, 0) is 53.9 Å². The molecule has 4 rings (SSSR count). The number of amides is 3. The molecule has 0 spiro atoms. The molecule has 3 amide bonds. The van der Waals surface area contributed by atoms with Gasteiger partial charge in [-0.15, -0.1) is 0 Å². The number of anilines is 2. The van der Waals surface area contributed by atoms with E-state index in [1.165, 1.54) is 9.80 Å². The third kappa shape index (κ3) is 6.53. The number of fused-ring (bicyclic) bond motifs is 1. The van der Waals surface area contributed by atoms with E-state index in [1.807, 2.05) is 0 Å². The summed E-state index contributed by atoms with van der Waals surface area (Å²) < 4.78 is 54.2. The molecule has 3 aliphatic rings. The van der Waals surface area contributed by atoms with Crippen molar-refractivity contribution < 1.29 is 41.8 Å². The number of halogens is 1. The van der Waals surface area contributed by atoms with Gasteiger partial charge in [0.25, 0.3) is 5.91 Å². The summed E-state index contributed by atoms with van der Waals surface area (Å²) in [7, 11) is -4.42. The highest BCUT2D eigenvalue weighted by Gasteiger charge is 2.44. The van der Waals surface area contributed by atoms with Gasteiger partial charge in [0.2, 0.25) is 0 Å². The Morgan fingerprint density at radius 2 is 1.77 bits per heavy atom. The van der Waals surface area contributed by atoms with Gasteiger partial charge in [-0.2, -0.15) is 8.42 Å². The van der Waals surface area contributed by atoms with Crippen LogP contribution in [0.3, 0.4) is 0 Å². The van der Waals surface area contributed by atoms with E-state index in [-0.39, 0.29) is 24.2 Å². The molecule has 1 saturated heterocycles. The number of benzene rings is 1. The summed E-state index contributed by atoms with van der Waals surface area (Å²) in [6.07, 6.45) is 1.39. The molecule has 0 radical (unpaired) electrons. The number of phenols is 1. The van der Waals surface area contributed by atoms with Crippen LogP contribution in [-0.2, 0) is 30.9 Å². The van der Waals surface area contributed by atoms with Crippen molar-refractivity contribution in [3.8, 4) is 5.75 Å². The van der Waals surface area contributed by atoms with Crippen LogP contribution in [0.5, 0.6) is 5.75 Å². The molecule has 0 bridgehead atoms. The van der Waals surface area contributed by atoms with Crippen molar-refractivity contribution in [1.29, 1.82) is 0 Å². The van der Waals surface area contributed by atoms with Crippen LogP contribution in [0.2, 0.25) is 0 Å². The molecule has 0 unspecified atom stereocenters. The Morgan fingerprint density at radius 3 is 2.30 bits per heavy atom. The number of carbonyl (C=O) groups excluding carboxylic acids is 3. The quantitative estimate of drug-likeness (QED) is 0.517. The average molecular weight is 585 g/mol. The summed E-state index contributed by atoms with van der Waals surface area (Å²) in [6.45, 7) is 9.88. The number of aromatic hydroxyl groups is 1. The van der Waals surface area contributed by atoms with Gasteiger partial charge in [-0.1, -0.05) is 12.8 Å². The maximum absolute atomic E-state index is 16.0. The maximum atomic E-state index is 16.0. The zero-order valence-corrected chi connectivity index (χ0v) is 24.4. The van der Waals surface area contributed by atoms with E-state index < -0.39 is 69.3 Å². The molecule has 2 N–H and O–H groups in total. The predicted molar refractivity (Wildman–Crippen MR) is 144 cm³/mol. The highest BCUT2D eigenvalue weighted by atomic mass is 32.2. The molecular formula is C26H37FN4O8S. The first-order valence-electron chi connectivity index (χ1n) is 13.2. The fourth-order valence-electron chi connectivity index (χ4n) is 4.76. The van der Waals surface area contributed by atoms with Crippen molar-refractivity contribution in [2.45, 2.75) is 84.5 Å². The lowest BCUT2D eigenvalue weighted by molar-refractivity contribution is -0.117. The van der Waals surface area contributed by atoms with E-state index in [1.54, 1.807) is 46.3 Å². The van der Waals surface area contributed by atoms with Crippen molar-refractivity contribution >= 4 is 39.7 Å².